The normalized spacial score (nSPS) is 31.2. The van der Waals surface area contributed by atoms with Gasteiger partial charge < -0.3 is 16.2 Å². The van der Waals surface area contributed by atoms with Crippen LogP contribution in [0, 0.1) is 0 Å². The van der Waals surface area contributed by atoms with E-state index in [-0.39, 0.29) is 6.42 Å². The summed E-state index contributed by atoms with van der Waals surface area (Å²) in [6.07, 6.45) is 0.694. The van der Waals surface area contributed by atoms with Gasteiger partial charge in [-0.3, -0.25) is 9.59 Å². The van der Waals surface area contributed by atoms with Crippen molar-refractivity contribution in [2.45, 2.75) is 18.4 Å². The maximum atomic E-state index is 10.9. The number of rotatable bonds is 1. The van der Waals surface area contributed by atoms with Gasteiger partial charge in [-0.1, -0.05) is 0 Å². The molecule has 0 radical (unpaired) electrons. The molecule has 0 spiro atoms. The maximum absolute atomic E-state index is 10.9. The maximum Gasteiger partial charge on any atom is 0.261 e. The number of primary amides is 1. The highest BCUT2D eigenvalue weighted by Gasteiger charge is 2.43. The van der Waals surface area contributed by atoms with Gasteiger partial charge in [0.2, 0.25) is 5.60 Å². The van der Waals surface area contributed by atoms with Gasteiger partial charge in [-0.15, -0.1) is 0 Å². The first-order valence-corrected chi connectivity index (χ1v) is 3.38. The number of piperidine rings is 1. The Balaban J connectivity index is 2.81. The Bertz CT molecular complexity index is 204. The fraction of sp³-hybridized carbons (Fsp3) is 0.667. The monoisotopic (exact) mass is 158 g/mol. The molecule has 0 aromatic rings. The summed E-state index contributed by atoms with van der Waals surface area (Å²) in [5.41, 5.74) is 2.87. The molecule has 62 valence electrons. The summed E-state index contributed by atoms with van der Waals surface area (Å²) in [5, 5.41) is 11.7. The van der Waals surface area contributed by atoms with Crippen LogP contribution in [0.15, 0.2) is 0 Å². The van der Waals surface area contributed by atoms with Crippen LogP contribution in [-0.2, 0) is 9.59 Å². The summed E-state index contributed by atoms with van der Waals surface area (Å²) < 4.78 is 0. The topological polar surface area (TPSA) is 92.4 Å². The van der Waals surface area contributed by atoms with Crippen LogP contribution in [0.2, 0.25) is 0 Å². The van der Waals surface area contributed by atoms with Crippen LogP contribution in [0.3, 0.4) is 0 Å². The largest absolute Gasteiger partial charge is 0.372 e. The third kappa shape index (κ3) is 1.19. The number of amides is 2. The second-order valence-corrected chi connectivity index (χ2v) is 2.58. The number of aliphatic hydroxyl groups is 1. The molecule has 1 aliphatic heterocycles. The van der Waals surface area contributed by atoms with Gasteiger partial charge in [-0.25, -0.2) is 0 Å². The van der Waals surface area contributed by atoms with Crippen molar-refractivity contribution in [2.24, 2.45) is 5.73 Å². The molecule has 0 aliphatic carbocycles. The summed E-state index contributed by atoms with van der Waals surface area (Å²) in [6.45, 7) is 0.494. The number of nitrogens with two attached hydrogens (primary N) is 1. The number of carbonyl (C=O) groups excluding carboxylic acids is 2. The van der Waals surface area contributed by atoms with Gasteiger partial charge in [0.05, 0.1) is 0 Å². The molecule has 4 N–H and O–H groups in total. The Kier molecular flexibility index (Phi) is 1.82. The fourth-order valence-electron chi connectivity index (χ4n) is 1.04. The molecular weight excluding hydrogens is 148 g/mol. The van der Waals surface area contributed by atoms with Crippen molar-refractivity contribution >= 4 is 11.8 Å². The van der Waals surface area contributed by atoms with Crippen LogP contribution in [0.25, 0.3) is 0 Å². The number of hydrogen-bond acceptors (Lipinski definition) is 3. The van der Waals surface area contributed by atoms with E-state index in [9.17, 15) is 14.7 Å². The summed E-state index contributed by atoms with van der Waals surface area (Å²) >= 11 is 0. The Labute approximate surface area is 63.6 Å². The van der Waals surface area contributed by atoms with E-state index in [0.29, 0.717) is 13.0 Å². The highest BCUT2D eigenvalue weighted by molar-refractivity contribution is 6.07. The Morgan fingerprint density at radius 2 is 2.36 bits per heavy atom. The van der Waals surface area contributed by atoms with Crippen LogP contribution < -0.4 is 11.1 Å². The zero-order valence-electron chi connectivity index (χ0n) is 5.96. The van der Waals surface area contributed by atoms with E-state index >= 15 is 0 Å². The summed E-state index contributed by atoms with van der Waals surface area (Å²) in [7, 11) is 0. The van der Waals surface area contributed by atoms with Gasteiger partial charge >= 0.3 is 0 Å². The van der Waals surface area contributed by atoms with Gasteiger partial charge in [-0.2, -0.15) is 0 Å². The molecule has 1 heterocycles. The van der Waals surface area contributed by atoms with E-state index in [1.165, 1.54) is 0 Å². The average Bonchev–Trinajstić information content (AvgIpc) is 1.95. The molecule has 0 saturated carbocycles. The number of nitrogens with one attached hydrogen (secondary N) is 1. The molecule has 1 unspecified atom stereocenters. The zero-order valence-corrected chi connectivity index (χ0v) is 5.96. The first-order valence-electron chi connectivity index (χ1n) is 3.38. The minimum Gasteiger partial charge on any atom is -0.372 e. The molecule has 1 saturated heterocycles. The predicted molar refractivity (Wildman–Crippen MR) is 36.4 cm³/mol. The van der Waals surface area contributed by atoms with Crippen LogP contribution in [0.1, 0.15) is 12.8 Å². The van der Waals surface area contributed by atoms with Crippen LogP contribution >= 0.6 is 0 Å². The first-order chi connectivity index (χ1) is 5.07. The van der Waals surface area contributed by atoms with Crippen molar-refractivity contribution in [3.8, 4) is 0 Å². The van der Waals surface area contributed by atoms with E-state index in [0.717, 1.165) is 0 Å². The van der Waals surface area contributed by atoms with Crippen molar-refractivity contribution in [3.05, 3.63) is 0 Å². The number of hydrogen-bond donors (Lipinski definition) is 3. The molecule has 0 aromatic heterocycles. The Morgan fingerprint density at radius 3 is 2.73 bits per heavy atom. The second kappa shape index (κ2) is 2.50. The molecule has 1 aliphatic rings. The Hall–Kier alpha value is -1.10. The zero-order chi connectivity index (χ0) is 8.48. The molecule has 1 rings (SSSR count). The van der Waals surface area contributed by atoms with Gasteiger partial charge in [0, 0.05) is 6.54 Å². The number of carbonyl (C=O) groups is 2. The standard InChI is InChI=1S/C6H10N2O3/c7-4(9)6(11)2-1-3-8-5(6)10/h11H,1-3H2,(H2,7,9)(H,8,10). The Morgan fingerprint density at radius 1 is 1.73 bits per heavy atom. The van der Waals surface area contributed by atoms with Crippen LogP contribution in [0.4, 0.5) is 0 Å². The lowest BCUT2D eigenvalue weighted by Crippen LogP contribution is -2.58. The van der Waals surface area contributed by atoms with Gasteiger partial charge in [-0.05, 0) is 12.8 Å². The highest BCUT2D eigenvalue weighted by atomic mass is 16.3. The fourth-order valence-corrected chi connectivity index (χ4v) is 1.04. The molecule has 0 aromatic carbocycles. The van der Waals surface area contributed by atoms with E-state index in [4.69, 9.17) is 5.73 Å². The molecular formula is C6H10N2O3. The van der Waals surface area contributed by atoms with Crippen molar-refractivity contribution < 1.29 is 14.7 Å². The predicted octanol–water partition coefficient (Wildman–Crippen LogP) is -1.89. The van der Waals surface area contributed by atoms with Gasteiger partial charge in [0.1, 0.15) is 0 Å². The third-order valence-electron chi connectivity index (χ3n) is 1.78. The SMILES string of the molecule is NC(=O)C1(O)CCCNC1=O. The lowest BCUT2D eigenvalue weighted by molar-refractivity contribution is -0.154. The van der Waals surface area contributed by atoms with E-state index in [1.54, 1.807) is 0 Å². The lowest BCUT2D eigenvalue weighted by Gasteiger charge is -2.27. The van der Waals surface area contributed by atoms with Crippen molar-refractivity contribution in [3.63, 3.8) is 0 Å². The summed E-state index contributed by atoms with van der Waals surface area (Å²) in [5.74, 6) is -1.66. The van der Waals surface area contributed by atoms with E-state index in [1.807, 2.05) is 0 Å². The summed E-state index contributed by atoms with van der Waals surface area (Å²) in [4.78, 5) is 21.5. The van der Waals surface area contributed by atoms with Gasteiger partial charge in [0.25, 0.3) is 11.8 Å². The van der Waals surface area contributed by atoms with Crippen molar-refractivity contribution in [2.75, 3.05) is 6.54 Å². The molecule has 5 nitrogen and oxygen atoms in total. The second-order valence-electron chi connectivity index (χ2n) is 2.58. The lowest BCUT2D eigenvalue weighted by atomic mass is 9.93. The van der Waals surface area contributed by atoms with Crippen LogP contribution in [-0.4, -0.2) is 29.1 Å². The van der Waals surface area contributed by atoms with Gasteiger partial charge in [0.15, 0.2) is 0 Å². The summed E-state index contributed by atoms with van der Waals surface area (Å²) in [6, 6.07) is 0. The van der Waals surface area contributed by atoms with Crippen LogP contribution in [0.5, 0.6) is 0 Å². The molecule has 5 heteroatoms. The minimum atomic E-state index is -1.97. The first kappa shape index (κ1) is 8.00. The molecule has 1 fully saturated rings. The van der Waals surface area contributed by atoms with Crippen molar-refractivity contribution in [1.82, 2.24) is 5.32 Å². The quantitative estimate of drug-likeness (QED) is 0.390. The molecule has 0 bridgehead atoms. The third-order valence-corrected chi connectivity index (χ3v) is 1.78. The molecule has 11 heavy (non-hydrogen) atoms. The molecule has 2 amide bonds. The smallest absolute Gasteiger partial charge is 0.261 e. The average molecular weight is 158 g/mol. The van der Waals surface area contributed by atoms with Crippen molar-refractivity contribution in [1.29, 1.82) is 0 Å². The molecule has 1 atom stereocenters. The van der Waals surface area contributed by atoms with E-state index < -0.39 is 17.4 Å². The minimum absolute atomic E-state index is 0.119. The van der Waals surface area contributed by atoms with E-state index in [2.05, 4.69) is 5.32 Å². The highest BCUT2D eigenvalue weighted by Crippen LogP contribution is 2.15.